The van der Waals surface area contributed by atoms with E-state index in [1.807, 2.05) is 0 Å². The predicted octanol–water partition coefficient (Wildman–Crippen LogP) is 3.92. The number of hydrogen-bond acceptors (Lipinski definition) is 15. The third-order valence-electron chi connectivity index (χ3n) is 6.99. The molecule has 0 amide bonds. The first-order valence-electron chi connectivity index (χ1n) is 15.7. The zero-order valence-electron chi connectivity index (χ0n) is 27.9. The number of ether oxygens (including phenoxy) is 8. The first-order chi connectivity index (χ1) is 22.8. The Hall–Kier alpha value is -4.66. The maximum atomic E-state index is 13.1. The number of fused-ring (bicyclic) bond motifs is 1. The highest BCUT2D eigenvalue weighted by Crippen LogP contribution is 2.38. The molecule has 0 unspecified atom stereocenters. The Labute approximate surface area is 277 Å². The second kappa shape index (κ2) is 18.0. The van der Waals surface area contributed by atoms with Crippen LogP contribution in [0.2, 0.25) is 0 Å². The van der Waals surface area contributed by atoms with Gasteiger partial charge in [-0.25, -0.2) is 4.79 Å². The van der Waals surface area contributed by atoms with Crippen molar-refractivity contribution < 1.29 is 66.3 Å². The predicted molar refractivity (Wildman–Crippen MR) is 165 cm³/mol. The number of hydrogen-bond donors (Lipinski definition) is 0. The van der Waals surface area contributed by atoms with Crippen LogP contribution in [0.3, 0.4) is 0 Å². The molecule has 15 nitrogen and oxygen atoms in total. The van der Waals surface area contributed by atoms with Gasteiger partial charge in [0.25, 0.3) is 5.75 Å². The largest absolute Gasteiger partial charge is 0.493 e. The molecule has 3 rings (SSSR count). The fraction of sp³-hybridized carbons (Fsp3) is 0.576. The lowest BCUT2D eigenvalue weighted by Gasteiger charge is -2.44. The van der Waals surface area contributed by atoms with Crippen LogP contribution in [0.5, 0.6) is 17.2 Å². The minimum Gasteiger partial charge on any atom is -0.493 e. The molecule has 1 saturated heterocycles. The quantitative estimate of drug-likeness (QED) is 0.107. The summed E-state index contributed by atoms with van der Waals surface area (Å²) < 4.78 is 50.0. The molecule has 1 aliphatic heterocycles. The van der Waals surface area contributed by atoms with E-state index >= 15 is 0 Å². The Morgan fingerprint density at radius 2 is 1.35 bits per heavy atom. The Morgan fingerprint density at radius 1 is 0.729 bits per heavy atom. The van der Waals surface area contributed by atoms with Crippen LogP contribution < -0.4 is 19.8 Å². The highest BCUT2D eigenvalue weighted by Gasteiger charge is 2.53. The minimum absolute atomic E-state index is 0.00279. The Bertz CT molecular complexity index is 1510. The SMILES string of the molecule is CCCCCCCCOc1ccc2c(O[C@@H]3O[C@H](COC(C)=O)[C@@H](OC(C)=O)[C@H](OC(C)=O)[C@H]3OC(C)=O)c(OC(C)=O)c(=O)oc2c1. The fourth-order valence-corrected chi connectivity index (χ4v) is 5.05. The number of rotatable bonds is 16. The first kappa shape index (κ1) is 37.8. The van der Waals surface area contributed by atoms with Gasteiger partial charge in [-0.1, -0.05) is 39.0 Å². The highest BCUT2D eigenvalue weighted by molar-refractivity contribution is 5.87. The maximum absolute atomic E-state index is 13.1. The van der Waals surface area contributed by atoms with E-state index in [0.717, 1.165) is 66.7 Å². The molecular formula is C33H42O15. The van der Waals surface area contributed by atoms with Gasteiger partial charge in [-0.2, -0.15) is 0 Å². The van der Waals surface area contributed by atoms with E-state index in [-0.39, 0.29) is 16.7 Å². The molecule has 1 aromatic carbocycles. The Morgan fingerprint density at radius 3 is 1.98 bits per heavy atom. The van der Waals surface area contributed by atoms with Crippen LogP contribution in [0, 0.1) is 0 Å². The summed E-state index contributed by atoms with van der Waals surface area (Å²) in [7, 11) is 0. The third-order valence-corrected chi connectivity index (χ3v) is 6.99. The van der Waals surface area contributed by atoms with Gasteiger partial charge < -0.3 is 42.3 Å². The van der Waals surface area contributed by atoms with E-state index in [9.17, 15) is 28.8 Å². The van der Waals surface area contributed by atoms with Crippen LogP contribution in [0.4, 0.5) is 0 Å². The van der Waals surface area contributed by atoms with E-state index in [2.05, 4.69) is 6.92 Å². The zero-order chi connectivity index (χ0) is 35.4. The summed E-state index contributed by atoms with van der Waals surface area (Å²) in [5, 5.41) is 0.130. The monoisotopic (exact) mass is 678 g/mol. The summed E-state index contributed by atoms with van der Waals surface area (Å²) in [6, 6.07) is 4.56. The number of benzene rings is 1. The molecule has 1 fully saturated rings. The van der Waals surface area contributed by atoms with Crippen LogP contribution in [0.25, 0.3) is 11.0 Å². The molecule has 264 valence electrons. The third kappa shape index (κ3) is 11.0. The summed E-state index contributed by atoms with van der Waals surface area (Å²) in [5.41, 5.74) is -1.09. The van der Waals surface area contributed by atoms with Crippen LogP contribution in [0.15, 0.2) is 27.4 Å². The van der Waals surface area contributed by atoms with E-state index in [1.165, 1.54) is 18.6 Å². The highest BCUT2D eigenvalue weighted by atomic mass is 16.7. The molecule has 1 aromatic heterocycles. The summed E-state index contributed by atoms with van der Waals surface area (Å²) in [5.74, 6) is -4.71. The van der Waals surface area contributed by atoms with E-state index in [1.54, 1.807) is 6.07 Å². The van der Waals surface area contributed by atoms with Gasteiger partial charge in [0.05, 0.1) is 12.0 Å². The average Bonchev–Trinajstić information content (AvgIpc) is 2.99. The van der Waals surface area contributed by atoms with Crippen molar-refractivity contribution in [1.82, 2.24) is 0 Å². The standard InChI is InChI=1S/C33H42O15/c1-7-8-9-10-11-12-15-40-23-13-14-24-25(16-23)46-32(39)30(44-21(5)37)27(24)48-33-31(45-22(6)38)29(43-20(4)36)28(42-19(3)35)26(47-33)17-41-18(2)34/h13-14,16,26,28-29,31,33H,7-12,15,17H2,1-6H3/t26-,28-,29+,31-,33+/m1/s1. The van der Waals surface area contributed by atoms with Crippen LogP contribution in [-0.4, -0.2) is 73.8 Å². The topological polar surface area (TPSA) is 189 Å². The van der Waals surface area contributed by atoms with Crippen molar-refractivity contribution in [2.24, 2.45) is 0 Å². The molecule has 0 radical (unpaired) electrons. The zero-order valence-corrected chi connectivity index (χ0v) is 27.9. The maximum Gasteiger partial charge on any atom is 0.383 e. The summed E-state index contributed by atoms with van der Waals surface area (Å²) in [6.07, 6.45) is -1.22. The summed E-state index contributed by atoms with van der Waals surface area (Å²) in [4.78, 5) is 73.4. The molecule has 0 saturated carbocycles. The van der Waals surface area contributed by atoms with Gasteiger partial charge in [0.15, 0.2) is 18.0 Å². The van der Waals surface area contributed by atoms with Crippen molar-refractivity contribution in [3.63, 3.8) is 0 Å². The van der Waals surface area contributed by atoms with Crippen molar-refractivity contribution in [3.8, 4) is 17.2 Å². The van der Waals surface area contributed by atoms with Crippen molar-refractivity contribution in [2.75, 3.05) is 13.2 Å². The number of esters is 5. The van der Waals surface area contributed by atoms with Crippen LogP contribution in [0.1, 0.15) is 80.1 Å². The average molecular weight is 679 g/mol. The lowest BCUT2D eigenvalue weighted by Crippen LogP contribution is -2.63. The molecule has 0 N–H and O–H groups in total. The Kier molecular flexibility index (Phi) is 14.2. The van der Waals surface area contributed by atoms with Crippen molar-refractivity contribution in [1.29, 1.82) is 0 Å². The normalized spacial score (nSPS) is 20.3. The molecule has 1 aliphatic rings. The summed E-state index contributed by atoms with van der Waals surface area (Å²) >= 11 is 0. The minimum atomic E-state index is -1.71. The van der Waals surface area contributed by atoms with Gasteiger partial charge in [-0.3, -0.25) is 24.0 Å². The second-order valence-corrected chi connectivity index (χ2v) is 11.1. The molecule has 0 aliphatic carbocycles. The van der Waals surface area contributed by atoms with Crippen LogP contribution in [-0.2, 0) is 47.7 Å². The molecule has 2 aromatic rings. The van der Waals surface area contributed by atoms with Gasteiger partial charge in [0, 0.05) is 40.7 Å². The van der Waals surface area contributed by atoms with Crippen LogP contribution >= 0.6 is 0 Å². The van der Waals surface area contributed by atoms with E-state index in [4.69, 9.17) is 42.3 Å². The molecule has 48 heavy (non-hydrogen) atoms. The second-order valence-electron chi connectivity index (χ2n) is 11.1. The van der Waals surface area contributed by atoms with Crippen molar-refractivity contribution >= 4 is 40.8 Å². The van der Waals surface area contributed by atoms with Crippen molar-refractivity contribution in [3.05, 3.63) is 28.6 Å². The molecule has 5 atom stereocenters. The number of carbonyl (C=O) groups is 5. The van der Waals surface area contributed by atoms with E-state index in [0.29, 0.717) is 12.4 Å². The van der Waals surface area contributed by atoms with Crippen molar-refractivity contribution in [2.45, 2.75) is 111 Å². The molecule has 2 heterocycles. The smallest absolute Gasteiger partial charge is 0.383 e. The van der Waals surface area contributed by atoms with Gasteiger partial charge in [0.2, 0.25) is 12.4 Å². The molecule has 0 spiro atoms. The summed E-state index contributed by atoms with van der Waals surface area (Å²) in [6.45, 7) is 7.49. The van der Waals surface area contributed by atoms with E-state index < -0.39 is 78.5 Å². The fourth-order valence-electron chi connectivity index (χ4n) is 5.05. The number of unbranched alkanes of at least 4 members (excludes halogenated alkanes) is 5. The Balaban J connectivity index is 2.06. The van der Waals surface area contributed by atoms with Gasteiger partial charge >= 0.3 is 35.5 Å². The number of carbonyl (C=O) groups excluding carboxylic acids is 5. The molecule has 15 heteroatoms. The van der Waals surface area contributed by atoms with Gasteiger partial charge in [-0.15, -0.1) is 0 Å². The van der Waals surface area contributed by atoms with Gasteiger partial charge in [0.1, 0.15) is 24.0 Å². The first-order valence-corrected chi connectivity index (χ1v) is 15.7. The lowest BCUT2D eigenvalue weighted by atomic mass is 9.98. The lowest BCUT2D eigenvalue weighted by molar-refractivity contribution is -0.288. The molecular weight excluding hydrogens is 636 g/mol. The van der Waals surface area contributed by atoms with Gasteiger partial charge in [-0.05, 0) is 18.6 Å². The molecule has 0 bridgehead atoms.